The highest BCUT2D eigenvalue weighted by Crippen LogP contribution is 2.40. The molecule has 0 unspecified atom stereocenters. The number of aromatic hydroxyl groups is 1. The van der Waals surface area contributed by atoms with Crippen LogP contribution in [0.25, 0.3) is 0 Å². The molecule has 0 saturated heterocycles. The summed E-state index contributed by atoms with van der Waals surface area (Å²) in [5.41, 5.74) is -0.501. The van der Waals surface area contributed by atoms with Crippen LogP contribution in [0.3, 0.4) is 0 Å². The third-order valence-electron chi connectivity index (χ3n) is 3.14. The summed E-state index contributed by atoms with van der Waals surface area (Å²) >= 11 is 0. The van der Waals surface area contributed by atoms with Crippen molar-refractivity contribution in [1.82, 2.24) is 0 Å². The van der Waals surface area contributed by atoms with Gasteiger partial charge in [-0.15, -0.1) is 0 Å². The summed E-state index contributed by atoms with van der Waals surface area (Å²) in [5, 5.41) is 19.9. The van der Waals surface area contributed by atoms with Gasteiger partial charge in [0.05, 0.1) is 5.60 Å². The molecule has 0 amide bonds. The fourth-order valence-electron chi connectivity index (χ4n) is 2.30. The summed E-state index contributed by atoms with van der Waals surface area (Å²) in [5.74, 6) is -0.616. The minimum atomic E-state index is -0.962. The van der Waals surface area contributed by atoms with E-state index in [1.165, 1.54) is 12.1 Å². The summed E-state index contributed by atoms with van der Waals surface area (Å²) in [4.78, 5) is 0. The fraction of sp³-hybridized carbons (Fsp3) is 0.500. The van der Waals surface area contributed by atoms with E-state index in [2.05, 4.69) is 0 Å². The molecule has 2 N–H and O–H groups in total. The van der Waals surface area contributed by atoms with Gasteiger partial charge in [0.25, 0.3) is 0 Å². The van der Waals surface area contributed by atoms with Crippen LogP contribution < -0.4 is 0 Å². The number of rotatable bonds is 1. The number of aliphatic hydroxyl groups is 1. The maximum absolute atomic E-state index is 12.8. The molecular weight excluding hydrogens is 195 g/mol. The highest BCUT2D eigenvalue weighted by Gasteiger charge is 2.33. The number of benzene rings is 1. The summed E-state index contributed by atoms with van der Waals surface area (Å²) in [6, 6.07) is 3.82. The Morgan fingerprint density at radius 3 is 2.40 bits per heavy atom. The standard InChI is InChI=1S/C12H15FO2/c13-9-4-5-10(11(14)8-9)12(15)6-2-1-3-7-12/h4-5,8,14-15H,1-3,6-7H2. The van der Waals surface area contributed by atoms with Gasteiger partial charge in [0.2, 0.25) is 0 Å². The van der Waals surface area contributed by atoms with Crippen molar-refractivity contribution in [3.05, 3.63) is 29.6 Å². The molecule has 1 saturated carbocycles. The molecule has 0 atom stereocenters. The summed E-state index contributed by atoms with van der Waals surface area (Å²) in [6.07, 6.45) is 4.31. The lowest BCUT2D eigenvalue weighted by molar-refractivity contribution is -0.00258. The third-order valence-corrected chi connectivity index (χ3v) is 3.14. The fourth-order valence-corrected chi connectivity index (χ4v) is 2.30. The zero-order chi connectivity index (χ0) is 10.9. The lowest BCUT2D eigenvalue weighted by atomic mass is 9.79. The zero-order valence-corrected chi connectivity index (χ0v) is 8.54. The Hall–Kier alpha value is -1.09. The van der Waals surface area contributed by atoms with Crippen molar-refractivity contribution in [3.8, 4) is 5.75 Å². The number of phenolic OH excluding ortho intramolecular Hbond substituents is 1. The first-order valence-corrected chi connectivity index (χ1v) is 5.33. The van der Waals surface area contributed by atoms with Crippen LogP contribution in [0.4, 0.5) is 4.39 Å². The van der Waals surface area contributed by atoms with Crippen LogP contribution in [-0.4, -0.2) is 10.2 Å². The van der Waals surface area contributed by atoms with E-state index >= 15 is 0 Å². The van der Waals surface area contributed by atoms with E-state index < -0.39 is 11.4 Å². The molecule has 3 heteroatoms. The monoisotopic (exact) mass is 210 g/mol. The van der Waals surface area contributed by atoms with Crippen LogP contribution in [-0.2, 0) is 5.60 Å². The molecular formula is C12H15FO2. The molecule has 2 nitrogen and oxygen atoms in total. The lowest BCUT2D eigenvalue weighted by Crippen LogP contribution is -2.28. The van der Waals surface area contributed by atoms with Gasteiger partial charge in [0.15, 0.2) is 0 Å². The molecule has 0 aromatic heterocycles. The van der Waals surface area contributed by atoms with Crippen LogP contribution in [0.5, 0.6) is 5.75 Å². The second kappa shape index (κ2) is 3.81. The average Bonchev–Trinajstić information content (AvgIpc) is 2.18. The van der Waals surface area contributed by atoms with Gasteiger partial charge in [0, 0.05) is 11.6 Å². The zero-order valence-electron chi connectivity index (χ0n) is 8.54. The van der Waals surface area contributed by atoms with Gasteiger partial charge in [-0.05, 0) is 25.0 Å². The van der Waals surface area contributed by atoms with Crippen molar-refractivity contribution in [2.24, 2.45) is 0 Å². The number of phenols is 1. The molecule has 1 aliphatic rings. The Morgan fingerprint density at radius 2 is 1.80 bits per heavy atom. The first kappa shape index (κ1) is 10.4. The summed E-state index contributed by atoms with van der Waals surface area (Å²) < 4.78 is 12.8. The molecule has 82 valence electrons. The van der Waals surface area contributed by atoms with Crippen molar-refractivity contribution in [2.45, 2.75) is 37.7 Å². The highest BCUT2D eigenvalue weighted by atomic mass is 19.1. The van der Waals surface area contributed by atoms with Gasteiger partial charge in [-0.1, -0.05) is 19.3 Å². The molecule has 1 aromatic rings. The van der Waals surface area contributed by atoms with E-state index in [9.17, 15) is 14.6 Å². The molecule has 1 aliphatic carbocycles. The van der Waals surface area contributed by atoms with Crippen molar-refractivity contribution in [3.63, 3.8) is 0 Å². The molecule has 0 bridgehead atoms. The predicted octanol–water partition coefficient (Wildman–Crippen LogP) is 2.68. The topological polar surface area (TPSA) is 40.5 Å². The van der Waals surface area contributed by atoms with Crippen LogP contribution in [0.2, 0.25) is 0 Å². The predicted molar refractivity (Wildman–Crippen MR) is 55.0 cm³/mol. The summed E-state index contributed by atoms with van der Waals surface area (Å²) in [7, 11) is 0. The minimum absolute atomic E-state index is 0.139. The van der Waals surface area contributed by atoms with Crippen molar-refractivity contribution < 1.29 is 14.6 Å². The van der Waals surface area contributed by atoms with Gasteiger partial charge in [-0.3, -0.25) is 0 Å². The lowest BCUT2D eigenvalue weighted by Gasteiger charge is -2.32. The van der Waals surface area contributed by atoms with Gasteiger partial charge in [-0.25, -0.2) is 4.39 Å². The minimum Gasteiger partial charge on any atom is -0.507 e. The molecule has 15 heavy (non-hydrogen) atoms. The Bertz CT molecular complexity index is 357. The van der Waals surface area contributed by atoms with Gasteiger partial charge in [-0.2, -0.15) is 0 Å². The van der Waals surface area contributed by atoms with Crippen molar-refractivity contribution >= 4 is 0 Å². The highest BCUT2D eigenvalue weighted by molar-refractivity contribution is 5.37. The number of hydrogen-bond donors (Lipinski definition) is 2. The number of hydrogen-bond acceptors (Lipinski definition) is 2. The van der Waals surface area contributed by atoms with Gasteiger partial charge in [0.1, 0.15) is 11.6 Å². The van der Waals surface area contributed by atoms with Crippen LogP contribution in [0.1, 0.15) is 37.7 Å². The van der Waals surface area contributed by atoms with Gasteiger partial charge < -0.3 is 10.2 Å². The second-order valence-corrected chi connectivity index (χ2v) is 4.25. The normalized spacial score (nSPS) is 20.1. The second-order valence-electron chi connectivity index (χ2n) is 4.25. The Morgan fingerprint density at radius 1 is 1.13 bits per heavy atom. The smallest absolute Gasteiger partial charge is 0.126 e. The maximum atomic E-state index is 12.8. The molecule has 0 radical (unpaired) electrons. The van der Waals surface area contributed by atoms with E-state index in [0.717, 1.165) is 25.3 Å². The van der Waals surface area contributed by atoms with E-state index in [1.54, 1.807) is 0 Å². The summed E-state index contributed by atoms with van der Waals surface area (Å²) in [6.45, 7) is 0. The van der Waals surface area contributed by atoms with E-state index in [-0.39, 0.29) is 5.75 Å². The van der Waals surface area contributed by atoms with Crippen LogP contribution >= 0.6 is 0 Å². The first-order chi connectivity index (χ1) is 7.12. The van der Waals surface area contributed by atoms with Crippen LogP contribution in [0, 0.1) is 5.82 Å². The molecule has 1 aromatic carbocycles. The average molecular weight is 210 g/mol. The first-order valence-electron chi connectivity index (χ1n) is 5.33. The Kier molecular flexibility index (Phi) is 2.65. The molecule has 1 fully saturated rings. The van der Waals surface area contributed by atoms with E-state index in [1.807, 2.05) is 0 Å². The van der Waals surface area contributed by atoms with Gasteiger partial charge >= 0.3 is 0 Å². The largest absolute Gasteiger partial charge is 0.507 e. The molecule has 0 spiro atoms. The SMILES string of the molecule is Oc1cc(F)ccc1C1(O)CCCCC1. The maximum Gasteiger partial charge on any atom is 0.126 e. The van der Waals surface area contributed by atoms with E-state index in [4.69, 9.17) is 0 Å². The van der Waals surface area contributed by atoms with Crippen molar-refractivity contribution in [1.29, 1.82) is 0 Å². The van der Waals surface area contributed by atoms with Crippen LogP contribution in [0.15, 0.2) is 18.2 Å². The Labute approximate surface area is 88.4 Å². The van der Waals surface area contributed by atoms with E-state index in [0.29, 0.717) is 18.4 Å². The van der Waals surface area contributed by atoms with Crippen molar-refractivity contribution in [2.75, 3.05) is 0 Å². The number of halogens is 1. The molecule has 0 aliphatic heterocycles. The quantitative estimate of drug-likeness (QED) is 0.748. The third kappa shape index (κ3) is 1.97. The Balaban J connectivity index is 2.35. The molecule has 0 heterocycles. The molecule has 2 rings (SSSR count).